The van der Waals surface area contributed by atoms with E-state index in [1.54, 1.807) is 0 Å². The van der Waals surface area contributed by atoms with Crippen LogP contribution in [0.2, 0.25) is 0 Å². The maximum absolute atomic E-state index is 11.8. The predicted molar refractivity (Wildman–Crippen MR) is 65.4 cm³/mol. The zero-order chi connectivity index (χ0) is 14.3. The number of hydrogen-bond acceptors (Lipinski definition) is 2. The molecule has 0 bridgehead atoms. The van der Waals surface area contributed by atoms with Crippen molar-refractivity contribution in [2.75, 3.05) is 6.54 Å². The molecule has 1 saturated heterocycles. The summed E-state index contributed by atoms with van der Waals surface area (Å²) in [6.07, 6.45) is 3.46. The van der Waals surface area contributed by atoms with E-state index in [4.69, 9.17) is 4.74 Å². The van der Waals surface area contributed by atoms with Crippen LogP contribution >= 0.6 is 0 Å². The normalized spacial score (nSPS) is 19.8. The topological polar surface area (TPSA) is 29.5 Å². The fourth-order valence-electron chi connectivity index (χ4n) is 1.69. The van der Waals surface area contributed by atoms with Crippen LogP contribution in [0.1, 0.15) is 40.0 Å². The van der Waals surface area contributed by atoms with Gasteiger partial charge < -0.3 is 0 Å². The molecule has 0 aliphatic carbocycles. The molecule has 0 aromatic carbocycles. The number of piperidine rings is 1. The maximum Gasteiger partial charge on any atom is 0.762 e. The van der Waals surface area contributed by atoms with Gasteiger partial charge in [-0.1, -0.05) is 0 Å². The number of ether oxygens (including phenoxy) is 1. The van der Waals surface area contributed by atoms with Gasteiger partial charge in [-0.15, -0.1) is 0 Å². The summed E-state index contributed by atoms with van der Waals surface area (Å²) in [5, 5.41) is 0. The minimum Gasteiger partial charge on any atom is -0.254 e. The molecule has 8 heteroatoms. The number of carbonyl (C=O) groups is 1. The predicted octanol–water partition coefficient (Wildman–Crippen LogP) is 2.78. The SMILES string of the molecule is CC(C)(C)OC(=O)N1CCCC[CH]1[K].FB(F)F. The average molecular weight is 291 g/mol. The monoisotopic (exact) mass is 291 g/mol. The summed E-state index contributed by atoms with van der Waals surface area (Å²) in [4.78, 5) is 13.7. The minimum absolute atomic E-state index is 0.115. The quantitative estimate of drug-likeness (QED) is 0.642. The van der Waals surface area contributed by atoms with Crippen LogP contribution in [-0.2, 0) is 4.74 Å². The van der Waals surface area contributed by atoms with Crippen LogP contribution in [0.5, 0.6) is 0 Å². The Morgan fingerprint density at radius 3 is 2.22 bits per heavy atom. The Kier molecular flexibility index (Phi) is 9.21. The molecule has 1 aliphatic heterocycles. The van der Waals surface area contributed by atoms with Gasteiger partial charge >= 0.3 is 129 Å². The van der Waals surface area contributed by atoms with E-state index in [9.17, 15) is 17.7 Å². The Labute approximate surface area is 141 Å². The van der Waals surface area contributed by atoms with Crippen molar-refractivity contribution in [2.45, 2.75) is 45.8 Å². The molecular formula is C10H18BF3KNO2. The maximum atomic E-state index is 11.8. The minimum atomic E-state index is -3.67. The second kappa shape index (κ2) is 8.84. The molecular weight excluding hydrogens is 273 g/mol. The van der Waals surface area contributed by atoms with Gasteiger partial charge in [0.1, 0.15) is 0 Å². The first-order valence-electron chi connectivity index (χ1n) is 6.05. The van der Waals surface area contributed by atoms with Crippen LogP contribution in [0.3, 0.4) is 0 Å². The van der Waals surface area contributed by atoms with E-state index < -0.39 is 7.54 Å². The van der Waals surface area contributed by atoms with Crippen LogP contribution in [0.4, 0.5) is 17.7 Å². The first-order chi connectivity index (χ1) is 8.13. The Morgan fingerprint density at radius 1 is 1.33 bits per heavy atom. The van der Waals surface area contributed by atoms with Gasteiger partial charge in [-0.2, -0.15) is 0 Å². The number of halogens is 3. The van der Waals surface area contributed by atoms with Crippen molar-refractivity contribution < 1.29 is 22.5 Å². The Bertz CT molecular complexity index is 261. The van der Waals surface area contributed by atoms with Crippen LogP contribution in [-0.4, -0.2) is 79.8 Å². The molecule has 1 aliphatic rings. The van der Waals surface area contributed by atoms with E-state index in [-0.39, 0.29) is 11.7 Å². The van der Waals surface area contributed by atoms with Gasteiger partial charge in [0, 0.05) is 0 Å². The molecule has 1 rings (SSSR count). The zero-order valence-corrected chi connectivity index (χ0v) is 14.5. The van der Waals surface area contributed by atoms with Crippen molar-refractivity contribution in [1.29, 1.82) is 0 Å². The molecule has 100 valence electrons. The third-order valence-electron chi connectivity index (χ3n) is 2.43. The zero-order valence-electron chi connectivity index (χ0n) is 11.4. The molecule has 0 aromatic heterocycles. The van der Waals surface area contributed by atoms with Gasteiger partial charge in [0.15, 0.2) is 0 Å². The molecule has 0 radical (unpaired) electrons. The molecule has 0 saturated carbocycles. The molecule has 0 aromatic rings. The summed E-state index contributed by atoms with van der Waals surface area (Å²) in [7, 11) is -3.67. The van der Waals surface area contributed by atoms with Crippen molar-refractivity contribution in [3.8, 4) is 0 Å². The molecule has 1 amide bonds. The summed E-state index contributed by atoms with van der Waals surface area (Å²) in [6.45, 7) is 6.64. The van der Waals surface area contributed by atoms with E-state index >= 15 is 0 Å². The molecule has 1 unspecified atom stereocenters. The van der Waals surface area contributed by atoms with E-state index in [0.29, 0.717) is 49.1 Å². The van der Waals surface area contributed by atoms with Crippen LogP contribution in [0.15, 0.2) is 0 Å². The van der Waals surface area contributed by atoms with Gasteiger partial charge in [-0.3, -0.25) is 12.9 Å². The molecule has 0 N–H and O–H groups in total. The van der Waals surface area contributed by atoms with Crippen molar-refractivity contribution >= 4 is 62.6 Å². The third-order valence-corrected chi connectivity index (χ3v) is 4.31. The standard InChI is InChI=1S/C10H18NO2.BF3.K/c1-10(2,3)13-9(12)11-7-5-4-6-8-11;2-1(3)4;/h7H,4-6,8H2,1-3H3;;. The number of carbonyl (C=O) groups excluding carboxylic acids is 1. The molecule has 3 nitrogen and oxygen atoms in total. The first kappa shape index (κ1) is 18.8. The summed E-state index contributed by atoms with van der Waals surface area (Å²) in [6, 6.07) is 0. The van der Waals surface area contributed by atoms with Gasteiger partial charge in [0.2, 0.25) is 0 Å². The smallest absolute Gasteiger partial charge is 0.254 e. The Balaban J connectivity index is 0.000000631. The second-order valence-electron chi connectivity index (χ2n) is 5.27. The fourth-order valence-corrected chi connectivity index (χ4v) is 3.06. The molecule has 1 heterocycles. The largest absolute Gasteiger partial charge is 0.762 e. The summed E-state index contributed by atoms with van der Waals surface area (Å²) in [5.74, 6) is 0. The number of amides is 1. The number of nitrogens with zero attached hydrogens (tertiary/aromatic N) is 1. The van der Waals surface area contributed by atoms with Crippen LogP contribution < -0.4 is 0 Å². The summed E-state index contributed by atoms with van der Waals surface area (Å²) < 4.78 is 34.9. The first-order valence-corrected chi connectivity index (χ1v) is 7.85. The van der Waals surface area contributed by atoms with Gasteiger partial charge in [-0.25, -0.2) is 0 Å². The van der Waals surface area contributed by atoms with E-state index in [1.807, 2.05) is 25.7 Å². The number of hydrogen-bond donors (Lipinski definition) is 0. The van der Waals surface area contributed by atoms with Gasteiger partial charge in [0.05, 0.1) is 0 Å². The third kappa shape index (κ3) is 9.66. The van der Waals surface area contributed by atoms with E-state index in [1.165, 1.54) is 12.8 Å². The van der Waals surface area contributed by atoms with Gasteiger partial charge in [-0.05, 0) is 0 Å². The molecule has 18 heavy (non-hydrogen) atoms. The summed E-state index contributed by atoms with van der Waals surface area (Å²) >= 11 is 0.685. The fraction of sp³-hybridized carbons (Fsp3) is 0.900. The van der Waals surface area contributed by atoms with Crippen molar-refractivity contribution in [3.63, 3.8) is 0 Å². The second-order valence-corrected chi connectivity index (χ2v) is 7.35. The van der Waals surface area contributed by atoms with Crippen molar-refractivity contribution in [3.05, 3.63) is 0 Å². The van der Waals surface area contributed by atoms with Crippen molar-refractivity contribution in [2.24, 2.45) is 0 Å². The van der Waals surface area contributed by atoms with Gasteiger partial charge in [0.25, 0.3) is 0 Å². The molecule has 1 atom stereocenters. The van der Waals surface area contributed by atoms with Crippen LogP contribution in [0, 0.1) is 0 Å². The average Bonchev–Trinajstić information content (AvgIpc) is 2.14. The number of rotatable bonds is 0. The Hall–Kier alpha value is 0.761. The summed E-state index contributed by atoms with van der Waals surface area (Å²) in [5.41, 5.74) is -0.360. The molecule has 0 spiro atoms. The Morgan fingerprint density at radius 2 is 1.83 bits per heavy atom. The number of likely N-dealkylation sites (tertiary alicyclic amines) is 1. The van der Waals surface area contributed by atoms with E-state index in [2.05, 4.69) is 0 Å². The van der Waals surface area contributed by atoms with Crippen molar-refractivity contribution in [1.82, 2.24) is 4.90 Å². The van der Waals surface area contributed by atoms with E-state index in [0.717, 1.165) is 13.0 Å². The molecule has 1 fully saturated rings. The van der Waals surface area contributed by atoms with Crippen LogP contribution in [0.25, 0.3) is 0 Å².